The first kappa shape index (κ1) is 20.8. The van der Waals surface area contributed by atoms with Crippen LogP contribution in [0, 0.1) is 0 Å². The largest absolute Gasteiger partial charge is 0.288 e. The summed E-state index contributed by atoms with van der Waals surface area (Å²) < 4.78 is 25.8. The lowest BCUT2D eigenvalue weighted by Gasteiger charge is -2.26. The zero-order valence-corrected chi connectivity index (χ0v) is 18.0. The van der Waals surface area contributed by atoms with E-state index in [-0.39, 0.29) is 0 Å². The molecule has 0 aliphatic carbocycles. The van der Waals surface area contributed by atoms with Gasteiger partial charge in [-0.2, -0.15) is 5.10 Å². The van der Waals surface area contributed by atoms with Gasteiger partial charge < -0.3 is 0 Å². The molecule has 5 nitrogen and oxygen atoms in total. The predicted octanol–water partition coefficient (Wildman–Crippen LogP) is 4.42. The predicted molar refractivity (Wildman–Crippen MR) is 116 cm³/mol. The highest BCUT2D eigenvalue weighted by Gasteiger charge is 2.27. The Kier molecular flexibility index (Phi) is 6.43. The molecular formula is C21H26ClN3O2S. The first-order valence-corrected chi connectivity index (χ1v) is 11.5. The summed E-state index contributed by atoms with van der Waals surface area (Å²) in [6.07, 6.45) is 0.834. The van der Waals surface area contributed by atoms with Crippen LogP contribution < -0.4 is 5.01 Å². The second kappa shape index (κ2) is 8.64. The minimum Gasteiger partial charge on any atom is -0.288 e. The first-order valence-electron chi connectivity index (χ1n) is 9.55. The van der Waals surface area contributed by atoms with Crippen LogP contribution in [0.15, 0.2) is 58.5 Å². The minimum absolute atomic E-state index is 0.344. The van der Waals surface area contributed by atoms with Crippen molar-refractivity contribution in [1.82, 2.24) is 4.90 Å². The summed E-state index contributed by atoms with van der Waals surface area (Å²) in [5.74, 6) is 0. The summed E-state index contributed by atoms with van der Waals surface area (Å²) in [6.45, 7) is 7.86. The Labute approximate surface area is 172 Å². The Hall–Kier alpha value is -1.89. The van der Waals surface area contributed by atoms with E-state index in [1.165, 1.54) is 0 Å². The average molecular weight is 420 g/mol. The summed E-state index contributed by atoms with van der Waals surface area (Å²) in [5, 5.41) is 6.76. The normalized spacial score (nSPS) is 15.8. The lowest BCUT2D eigenvalue weighted by Crippen LogP contribution is -2.38. The molecule has 0 saturated carbocycles. The van der Waals surface area contributed by atoms with E-state index in [1.54, 1.807) is 19.1 Å². The van der Waals surface area contributed by atoms with Crippen LogP contribution in [-0.2, 0) is 9.84 Å². The molecule has 7 heteroatoms. The smallest absolute Gasteiger partial charge is 0.194 e. The van der Waals surface area contributed by atoms with Crippen molar-refractivity contribution in [3.8, 4) is 0 Å². The maximum absolute atomic E-state index is 12.9. The van der Waals surface area contributed by atoms with Crippen molar-refractivity contribution in [1.29, 1.82) is 0 Å². The standard InChI is InChI=1S/C21H26ClN3O2S/c1-4-24(5-2)16(3)28(26,27)20-12-10-19(11-13-20)25-15-14-21(23-25)17-6-8-18(22)9-7-17/h6-13,16H,4-5,14-15H2,1-3H3. The Balaban J connectivity index is 1.78. The number of hydrogen-bond donors (Lipinski definition) is 0. The van der Waals surface area contributed by atoms with Gasteiger partial charge in [0.15, 0.2) is 9.84 Å². The zero-order valence-electron chi connectivity index (χ0n) is 16.5. The number of benzene rings is 2. The second-order valence-corrected chi connectivity index (χ2v) is 9.47. The molecule has 0 N–H and O–H groups in total. The zero-order chi connectivity index (χ0) is 20.3. The third-order valence-corrected chi connectivity index (χ3v) is 7.60. The van der Waals surface area contributed by atoms with Gasteiger partial charge in [-0.05, 0) is 62.0 Å². The highest BCUT2D eigenvalue weighted by atomic mass is 35.5. The molecule has 0 radical (unpaired) electrons. The number of anilines is 1. The van der Waals surface area contributed by atoms with E-state index >= 15 is 0 Å². The van der Waals surface area contributed by atoms with Gasteiger partial charge in [-0.3, -0.25) is 9.91 Å². The third-order valence-electron chi connectivity index (χ3n) is 5.22. The van der Waals surface area contributed by atoms with E-state index in [1.807, 2.05) is 60.2 Å². The minimum atomic E-state index is -3.40. The molecule has 1 atom stereocenters. The van der Waals surface area contributed by atoms with Crippen LogP contribution in [0.2, 0.25) is 5.02 Å². The molecule has 0 amide bonds. The monoisotopic (exact) mass is 419 g/mol. The van der Waals surface area contributed by atoms with Crippen molar-refractivity contribution >= 4 is 32.8 Å². The molecule has 2 aromatic carbocycles. The Morgan fingerprint density at radius 1 is 1.07 bits per heavy atom. The fraction of sp³-hybridized carbons (Fsp3) is 0.381. The maximum Gasteiger partial charge on any atom is 0.194 e. The number of nitrogens with zero attached hydrogens (tertiary/aromatic N) is 3. The average Bonchev–Trinajstić information content (AvgIpc) is 3.19. The van der Waals surface area contributed by atoms with E-state index in [9.17, 15) is 8.42 Å². The first-order chi connectivity index (χ1) is 13.4. The molecule has 1 aliphatic rings. The van der Waals surface area contributed by atoms with Crippen molar-refractivity contribution in [2.75, 3.05) is 24.6 Å². The molecular weight excluding hydrogens is 394 g/mol. The van der Waals surface area contributed by atoms with Crippen LogP contribution in [0.1, 0.15) is 32.8 Å². The molecule has 0 saturated heterocycles. The Morgan fingerprint density at radius 3 is 2.25 bits per heavy atom. The second-order valence-electron chi connectivity index (χ2n) is 6.79. The quantitative estimate of drug-likeness (QED) is 0.666. The molecule has 3 rings (SSSR count). The van der Waals surface area contributed by atoms with Crippen LogP contribution in [0.5, 0.6) is 0 Å². The maximum atomic E-state index is 12.9. The topological polar surface area (TPSA) is 53.0 Å². The molecule has 2 aromatic rings. The van der Waals surface area contributed by atoms with Crippen LogP contribution >= 0.6 is 11.6 Å². The molecule has 0 spiro atoms. The molecule has 28 heavy (non-hydrogen) atoms. The van der Waals surface area contributed by atoms with Crippen LogP contribution in [-0.4, -0.2) is 44.0 Å². The number of halogens is 1. The molecule has 0 aromatic heterocycles. The van der Waals surface area contributed by atoms with E-state index in [0.717, 1.165) is 29.9 Å². The van der Waals surface area contributed by atoms with Crippen molar-refractivity contribution < 1.29 is 8.42 Å². The number of sulfone groups is 1. The van der Waals surface area contributed by atoms with Crippen molar-refractivity contribution in [3.05, 3.63) is 59.1 Å². The van der Waals surface area contributed by atoms with Gasteiger partial charge in [0.05, 0.1) is 16.3 Å². The SMILES string of the molecule is CCN(CC)C(C)S(=O)(=O)c1ccc(N2CCC(c3ccc(Cl)cc3)=N2)cc1. The van der Waals surface area contributed by atoms with Gasteiger partial charge in [0.1, 0.15) is 5.37 Å². The fourth-order valence-corrected chi connectivity index (χ4v) is 5.15. The van der Waals surface area contributed by atoms with Gasteiger partial charge >= 0.3 is 0 Å². The number of hydrogen-bond acceptors (Lipinski definition) is 5. The summed E-state index contributed by atoms with van der Waals surface area (Å²) in [4.78, 5) is 2.28. The van der Waals surface area contributed by atoms with E-state index in [0.29, 0.717) is 23.0 Å². The van der Waals surface area contributed by atoms with Crippen LogP contribution in [0.25, 0.3) is 0 Å². The Morgan fingerprint density at radius 2 is 1.68 bits per heavy atom. The highest BCUT2D eigenvalue weighted by molar-refractivity contribution is 7.92. The molecule has 0 fully saturated rings. The van der Waals surface area contributed by atoms with Gasteiger partial charge in [-0.1, -0.05) is 37.6 Å². The van der Waals surface area contributed by atoms with E-state index in [2.05, 4.69) is 5.10 Å². The van der Waals surface area contributed by atoms with Crippen LogP contribution in [0.3, 0.4) is 0 Å². The molecule has 1 aliphatic heterocycles. The summed E-state index contributed by atoms with van der Waals surface area (Å²) >= 11 is 5.95. The highest BCUT2D eigenvalue weighted by Crippen LogP contribution is 2.26. The number of hydrazone groups is 1. The molecule has 1 heterocycles. The van der Waals surface area contributed by atoms with E-state index < -0.39 is 15.2 Å². The van der Waals surface area contributed by atoms with Gasteiger partial charge in [-0.15, -0.1) is 0 Å². The number of rotatable bonds is 7. The summed E-state index contributed by atoms with van der Waals surface area (Å²) in [5.41, 5.74) is 2.95. The van der Waals surface area contributed by atoms with Crippen molar-refractivity contribution in [2.24, 2.45) is 5.10 Å². The molecule has 150 valence electrons. The van der Waals surface area contributed by atoms with Gasteiger partial charge in [0.2, 0.25) is 0 Å². The summed E-state index contributed by atoms with van der Waals surface area (Å²) in [6, 6.07) is 14.7. The van der Waals surface area contributed by atoms with Crippen molar-refractivity contribution in [3.63, 3.8) is 0 Å². The van der Waals surface area contributed by atoms with Crippen molar-refractivity contribution in [2.45, 2.75) is 37.5 Å². The third kappa shape index (κ3) is 4.24. The molecule has 0 bridgehead atoms. The Bertz CT molecular complexity index is 937. The van der Waals surface area contributed by atoms with Crippen LogP contribution in [0.4, 0.5) is 5.69 Å². The molecule has 1 unspecified atom stereocenters. The van der Waals surface area contributed by atoms with E-state index in [4.69, 9.17) is 11.6 Å². The van der Waals surface area contributed by atoms with Gasteiger partial charge in [0, 0.05) is 18.0 Å². The fourth-order valence-electron chi connectivity index (χ4n) is 3.43. The lowest BCUT2D eigenvalue weighted by atomic mass is 10.1. The lowest BCUT2D eigenvalue weighted by molar-refractivity contribution is 0.285. The van der Waals surface area contributed by atoms with Gasteiger partial charge in [0.25, 0.3) is 0 Å². The van der Waals surface area contributed by atoms with Gasteiger partial charge in [-0.25, -0.2) is 8.42 Å². The summed E-state index contributed by atoms with van der Waals surface area (Å²) in [7, 11) is -3.40.